The van der Waals surface area contributed by atoms with Crippen molar-refractivity contribution in [2.45, 2.75) is 494 Å². The van der Waals surface area contributed by atoms with Gasteiger partial charge < -0.3 is 31.9 Å². The Labute approximate surface area is 704 Å². The van der Waals surface area contributed by atoms with Crippen LogP contribution in [0.3, 0.4) is 0 Å². The molecule has 0 aromatic carbocycles. The second-order valence-electron chi connectivity index (χ2n) is 34.8. The van der Waals surface area contributed by atoms with Crippen molar-refractivity contribution >= 4 is 0 Å². The largest absolute Gasteiger partial charge is 0.391 e. The molecule has 0 heterocycles. The summed E-state index contributed by atoms with van der Waals surface area (Å²) in [5, 5.41) is 19.3. The predicted molar refractivity (Wildman–Crippen MR) is 530 cm³/mol. The highest BCUT2D eigenvalue weighted by Crippen LogP contribution is 2.23. The molecule has 0 unspecified atom stereocenters. The van der Waals surface area contributed by atoms with Gasteiger partial charge >= 0.3 is 0 Å². The molecule has 0 atom stereocenters. The Kier molecular flexibility index (Phi) is 167. The molecule has 0 fully saturated rings. The van der Waals surface area contributed by atoms with E-state index < -0.39 is 0 Å². The van der Waals surface area contributed by atoms with Crippen molar-refractivity contribution in [2.24, 2.45) is 16.2 Å². The average molecular weight is 1560 g/mol. The minimum atomic E-state index is 0.299. The molecule has 0 aromatic rings. The number of allylic oxidation sites excluding steroid dienone is 5. The Hall–Kier alpha value is -2.90. The highest BCUT2D eigenvalue weighted by molar-refractivity contribution is 4.73. The highest BCUT2D eigenvalue weighted by Gasteiger charge is 2.10. The van der Waals surface area contributed by atoms with Gasteiger partial charge in [-0.2, -0.15) is 0 Å². The molecule has 0 saturated carbocycles. The maximum atomic E-state index is 3.68. The monoisotopic (exact) mass is 1560 g/mol. The third-order valence-corrected chi connectivity index (χ3v) is 15.5. The lowest BCUT2D eigenvalue weighted by atomic mass is 9.89. The molecule has 6 N–H and O–H groups in total. The molecule has 6 heteroatoms. The van der Waals surface area contributed by atoms with Gasteiger partial charge in [0, 0.05) is 37.3 Å². The fourth-order valence-corrected chi connectivity index (χ4v) is 8.86. The molecule has 670 valence electrons. The lowest BCUT2D eigenvalue weighted by Crippen LogP contribution is -2.36. The molecule has 0 aliphatic rings. The van der Waals surface area contributed by atoms with Gasteiger partial charge in [0.2, 0.25) is 0 Å². The number of rotatable bonds is 53. The third-order valence-electron chi connectivity index (χ3n) is 15.5. The van der Waals surface area contributed by atoms with Gasteiger partial charge in [-0.15, -0.1) is 46.1 Å². The minimum absolute atomic E-state index is 0.299. The quantitative estimate of drug-likeness (QED) is 0.0269. The standard InChI is InChI=1S/C11H24.C9H21N.C9H20.C9H18.C8H17N.C8H16.C7H17N.C7H15N.C7H16.C7H14.C6H13N.C6H12.C5H11N.C5H10/c1-5-6-7-8-9-10-11(2,3)4;1-5-6-7-8-10-9(2,3)4;1-5-6-7-8-9(2,3)4;1-3-5-7-9-8-6-4-2;1-3-5-6-8-9-7-4-2;1-3-5-7-8-6-4-2;1-5-6-8-7(2,3)4;1-3-5-6-7-8-4-2;1-5-6-7(2,3)4;2*1-3-5-7-6-4-2;2*1-3-5-6-4-2;1-3-5-4-2/h5-10H2,1-4H3;10H,5-8H2,1-4H3;5-8H2,1-4H3;3H,1,4-9H2,2H3;4,9H,2-3,5-8H2,1H3;3H,1,4-8H2,2H3;8H,5-6H2,1-4H3;4,8H,2-3,5-7H2,1H3;5-6H2,1-4H3;3H,1,4-7H2,2H3;3,7H,1,4-6H2,2H3;3H,1,4-6H2,2H3;4,6H,2-3,5H2,1H3;3H,1,4-5H2,2H3. The van der Waals surface area contributed by atoms with Gasteiger partial charge in [-0.05, 0) is 206 Å². The van der Waals surface area contributed by atoms with Gasteiger partial charge in [-0.3, -0.25) is 0 Å². The van der Waals surface area contributed by atoms with E-state index in [1.165, 1.54) is 276 Å². The minimum Gasteiger partial charge on any atom is -0.391 e. The molecule has 0 radical (unpaired) electrons. The Morgan fingerprint density at radius 3 is 0.727 bits per heavy atom. The molecule has 0 amide bonds. The molecule has 0 rings (SSSR count). The lowest BCUT2D eigenvalue weighted by molar-refractivity contribution is 0.357. The molecule has 6 nitrogen and oxygen atoms in total. The second kappa shape index (κ2) is 132. The summed E-state index contributed by atoms with van der Waals surface area (Å²) in [6, 6.07) is 0. The molecule has 0 aliphatic carbocycles. The summed E-state index contributed by atoms with van der Waals surface area (Å²) in [6.45, 7) is 106. The number of hydrogen-bond acceptors (Lipinski definition) is 6. The molecule has 0 spiro atoms. The fourth-order valence-electron chi connectivity index (χ4n) is 8.86. The van der Waals surface area contributed by atoms with Crippen LogP contribution in [0.25, 0.3) is 0 Å². The van der Waals surface area contributed by atoms with Crippen LogP contribution in [0.4, 0.5) is 0 Å². The van der Waals surface area contributed by atoms with Crippen molar-refractivity contribution in [3.63, 3.8) is 0 Å². The van der Waals surface area contributed by atoms with E-state index in [0.29, 0.717) is 27.3 Å². The first-order valence-electron chi connectivity index (χ1n) is 46.9. The van der Waals surface area contributed by atoms with Crippen LogP contribution in [-0.2, 0) is 0 Å². The van der Waals surface area contributed by atoms with Crippen molar-refractivity contribution in [3.05, 3.63) is 114 Å². The zero-order chi connectivity index (χ0) is 87.9. The van der Waals surface area contributed by atoms with Gasteiger partial charge in [0.25, 0.3) is 0 Å². The number of hydrogen-bond donors (Lipinski definition) is 6. The summed E-state index contributed by atoms with van der Waals surface area (Å²) >= 11 is 0. The van der Waals surface area contributed by atoms with Crippen LogP contribution in [0.5, 0.6) is 0 Å². The maximum absolute atomic E-state index is 3.68. The van der Waals surface area contributed by atoms with Crippen molar-refractivity contribution in [3.8, 4) is 0 Å². The van der Waals surface area contributed by atoms with Crippen molar-refractivity contribution in [1.82, 2.24) is 31.9 Å². The smallest absolute Gasteiger partial charge is 0.0141 e. The van der Waals surface area contributed by atoms with Gasteiger partial charge in [-0.1, -0.05) is 388 Å². The lowest BCUT2D eigenvalue weighted by Gasteiger charge is -2.20. The van der Waals surface area contributed by atoms with Crippen LogP contribution >= 0.6 is 0 Å². The van der Waals surface area contributed by atoms with E-state index in [-0.39, 0.29) is 0 Å². The van der Waals surface area contributed by atoms with Crippen LogP contribution in [0.1, 0.15) is 483 Å². The van der Waals surface area contributed by atoms with E-state index in [1.54, 1.807) is 12.4 Å². The first kappa shape index (κ1) is 139. The van der Waals surface area contributed by atoms with Crippen molar-refractivity contribution < 1.29 is 0 Å². The molecular formula is C104H224N6. The van der Waals surface area contributed by atoms with E-state index >= 15 is 0 Å². The van der Waals surface area contributed by atoms with E-state index in [9.17, 15) is 0 Å². The maximum Gasteiger partial charge on any atom is 0.0141 e. The van der Waals surface area contributed by atoms with Crippen molar-refractivity contribution in [1.29, 1.82) is 0 Å². The Morgan fingerprint density at radius 2 is 0.464 bits per heavy atom. The van der Waals surface area contributed by atoms with Crippen molar-refractivity contribution in [2.75, 3.05) is 52.4 Å². The SMILES string of the molecule is C=CCCC.C=CCCCC.C=CCCCCC.C=CCCCCCC.C=CCCCCCCC.C=CCNCCC.C=CCNCCCCC.C=CNCCC.C=CNCCCCC.CCCC(C)(C)C.CCCCCC(C)(C)C.CCCCCCCC(C)(C)C.CCCCCNC(C)(C)C.CCCNC(C)(C)C. The summed E-state index contributed by atoms with van der Waals surface area (Å²) in [5.41, 5.74) is 2.25. The summed E-state index contributed by atoms with van der Waals surface area (Å²) in [6.07, 6.45) is 75.1. The number of nitrogens with one attached hydrogen (secondary N) is 6. The van der Waals surface area contributed by atoms with Gasteiger partial charge in [0.05, 0.1) is 0 Å². The van der Waals surface area contributed by atoms with E-state index in [2.05, 4.69) is 292 Å². The average Bonchev–Trinajstić information content (AvgIpc) is 1.06. The first-order chi connectivity index (χ1) is 52.0. The van der Waals surface area contributed by atoms with Crippen LogP contribution in [0.15, 0.2) is 114 Å². The van der Waals surface area contributed by atoms with Gasteiger partial charge in [0.1, 0.15) is 0 Å². The molecule has 0 bridgehead atoms. The van der Waals surface area contributed by atoms with Crippen LogP contribution in [0, 0.1) is 16.2 Å². The second-order valence-corrected chi connectivity index (χ2v) is 34.8. The fraction of sp³-hybridized carbons (Fsp3) is 0.827. The van der Waals surface area contributed by atoms with E-state index in [4.69, 9.17) is 0 Å². The zero-order valence-electron chi connectivity index (χ0n) is 82.8. The predicted octanol–water partition coefficient (Wildman–Crippen LogP) is 35.1. The first-order valence-corrected chi connectivity index (χ1v) is 46.9. The third kappa shape index (κ3) is 269. The highest BCUT2D eigenvalue weighted by atomic mass is 14.9. The summed E-state index contributed by atoms with van der Waals surface area (Å²) < 4.78 is 0. The van der Waals surface area contributed by atoms with E-state index in [1.807, 2.05) is 42.5 Å². The van der Waals surface area contributed by atoms with Crippen LogP contribution in [0.2, 0.25) is 0 Å². The van der Waals surface area contributed by atoms with Crippen LogP contribution < -0.4 is 31.9 Å². The summed E-state index contributed by atoms with van der Waals surface area (Å²) in [4.78, 5) is 0. The molecule has 0 aliphatic heterocycles. The molecular weight excluding hydrogens is 1330 g/mol. The molecule has 110 heavy (non-hydrogen) atoms. The summed E-state index contributed by atoms with van der Waals surface area (Å²) in [5.74, 6) is 0. The van der Waals surface area contributed by atoms with Gasteiger partial charge in [0.15, 0.2) is 0 Å². The van der Waals surface area contributed by atoms with Crippen LogP contribution in [-0.4, -0.2) is 63.4 Å². The normalized spacial score (nSPS) is 10.0. The topological polar surface area (TPSA) is 72.2 Å². The van der Waals surface area contributed by atoms with Gasteiger partial charge in [-0.25, -0.2) is 0 Å². The Morgan fingerprint density at radius 1 is 0.200 bits per heavy atom. The number of unbranched alkanes of at least 4 members (excludes halogenated alkanes) is 27. The Bertz CT molecular complexity index is 1480. The Balaban J connectivity index is -0.0000000755. The van der Waals surface area contributed by atoms with E-state index in [0.717, 1.165) is 58.8 Å². The molecule has 0 aromatic heterocycles. The summed E-state index contributed by atoms with van der Waals surface area (Å²) in [7, 11) is 0. The molecule has 0 saturated heterocycles. The zero-order valence-corrected chi connectivity index (χ0v) is 82.8.